The predicted octanol–water partition coefficient (Wildman–Crippen LogP) is 0.968. The van der Waals surface area contributed by atoms with E-state index in [4.69, 9.17) is 10.5 Å². The molecule has 2 unspecified atom stereocenters. The van der Waals surface area contributed by atoms with Crippen molar-refractivity contribution in [2.24, 2.45) is 5.73 Å². The van der Waals surface area contributed by atoms with Crippen LogP contribution in [0.1, 0.15) is 29.6 Å². The van der Waals surface area contributed by atoms with Gasteiger partial charge in [0.1, 0.15) is 0 Å². The zero-order chi connectivity index (χ0) is 11.7. The van der Waals surface area contributed by atoms with E-state index >= 15 is 0 Å². The zero-order valence-electron chi connectivity index (χ0n) is 9.93. The van der Waals surface area contributed by atoms with Crippen molar-refractivity contribution in [2.75, 3.05) is 26.3 Å². The van der Waals surface area contributed by atoms with Crippen molar-refractivity contribution in [2.45, 2.75) is 18.5 Å². The summed E-state index contributed by atoms with van der Waals surface area (Å²) in [6.45, 7) is 3.53. The van der Waals surface area contributed by atoms with E-state index in [-0.39, 0.29) is 6.04 Å². The molecule has 0 amide bonds. The SMILES string of the molecule is NC1CC(NN2CCOCC2)c2ccccc21. The Labute approximate surface area is 102 Å². The molecule has 3 N–H and O–H groups in total. The number of nitrogens with one attached hydrogen (secondary N) is 1. The minimum absolute atomic E-state index is 0.171. The van der Waals surface area contributed by atoms with E-state index < -0.39 is 0 Å². The Balaban J connectivity index is 1.72. The summed E-state index contributed by atoms with van der Waals surface area (Å²) in [5, 5.41) is 2.25. The normalized spacial score (nSPS) is 29.2. The summed E-state index contributed by atoms with van der Waals surface area (Å²) >= 11 is 0. The van der Waals surface area contributed by atoms with Gasteiger partial charge in [0.05, 0.1) is 13.2 Å². The first-order valence-corrected chi connectivity index (χ1v) is 6.28. The van der Waals surface area contributed by atoms with Crippen LogP contribution in [0.2, 0.25) is 0 Å². The molecular weight excluding hydrogens is 214 g/mol. The van der Waals surface area contributed by atoms with Crippen molar-refractivity contribution in [1.82, 2.24) is 10.4 Å². The summed E-state index contributed by atoms with van der Waals surface area (Å²) in [4.78, 5) is 0. The molecule has 1 aromatic rings. The first kappa shape index (κ1) is 11.2. The van der Waals surface area contributed by atoms with Crippen molar-refractivity contribution in [3.05, 3.63) is 35.4 Å². The quantitative estimate of drug-likeness (QED) is 0.799. The number of morpholine rings is 1. The van der Waals surface area contributed by atoms with Gasteiger partial charge in [0.25, 0.3) is 0 Å². The number of ether oxygens (including phenoxy) is 1. The minimum Gasteiger partial charge on any atom is -0.379 e. The highest BCUT2D eigenvalue weighted by Crippen LogP contribution is 2.37. The Morgan fingerprint density at radius 3 is 2.65 bits per heavy atom. The lowest BCUT2D eigenvalue weighted by molar-refractivity contribution is 0.00313. The van der Waals surface area contributed by atoms with Gasteiger partial charge >= 0.3 is 0 Å². The van der Waals surface area contributed by atoms with Crippen molar-refractivity contribution in [3.8, 4) is 0 Å². The molecule has 92 valence electrons. The topological polar surface area (TPSA) is 50.5 Å². The van der Waals surface area contributed by atoms with E-state index in [2.05, 4.69) is 34.7 Å². The maximum Gasteiger partial charge on any atom is 0.0608 e. The van der Waals surface area contributed by atoms with Gasteiger partial charge in [-0.15, -0.1) is 0 Å². The Morgan fingerprint density at radius 1 is 1.18 bits per heavy atom. The molecule has 1 heterocycles. The van der Waals surface area contributed by atoms with Crippen LogP contribution in [0.3, 0.4) is 0 Å². The Bertz CT molecular complexity index is 390. The van der Waals surface area contributed by atoms with Gasteiger partial charge < -0.3 is 10.5 Å². The molecule has 2 aliphatic rings. The monoisotopic (exact) mass is 233 g/mol. The second kappa shape index (κ2) is 4.74. The van der Waals surface area contributed by atoms with Crippen molar-refractivity contribution in [3.63, 3.8) is 0 Å². The molecule has 0 bridgehead atoms. The molecule has 4 nitrogen and oxygen atoms in total. The molecule has 1 aliphatic heterocycles. The number of rotatable bonds is 2. The fraction of sp³-hybridized carbons (Fsp3) is 0.538. The van der Waals surface area contributed by atoms with Crippen LogP contribution in [-0.4, -0.2) is 31.3 Å². The maximum atomic E-state index is 6.16. The van der Waals surface area contributed by atoms with Crippen LogP contribution in [0.25, 0.3) is 0 Å². The van der Waals surface area contributed by atoms with E-state index in [1.54, 1.807) is 0 Å². The third-order valence-corrected chi connectivity index (χ3v) is 3.61. The summed E-state index contributed by atoms with van der Waals surface area (Å²) in [6.07, 6.45) is 0.983. The molecule has 1 saturated heterocycles. The molecule has 17 heavy (non-hydrogen) atoms. The second-order valence-corrected chi connectivity index (χ2v) is 4.75. The smallest absolute Gasteiger partial charge is 0.0608 e. The molecule has 1 fully saturated rings. The van der Waals surface area contributed by atoms with Crippen LogP contribution < -0.4 is 11.2 Å². The fourth-order valence-corrected chi connectivity index (χ4v) is 2.71. The molecule has 0 aromatic heterocycles. The molecule has 0 radical (unpaired) electrons. The Hall–Kier alpha value is -0.940. The van der Waals surface area contributed by atoms with E-state index in [9.17, 15) is 0 Å². The van der Waals surface area contributed by atoms with Gasteiger partial charge in [-0.3, -0.25) is 0 Å². The first-order chi connectivity index (χ1) is 8.34. The molecule has 1 aliphatic carbocycles. The highest BCUT2D eigenvalue weighted by molar-refractivity contribution is 5.37. The van der Waals surface area contributed by atoms with Crippen molar-refractivity contribution in [1.29, 1.82) is 0 Å². The van der Waals surface area contributed by atoms with Crippen LogP contribution in [0.15, 0.2) is 24.3 Å². The van der Waals surface area contributed by atoms with Crippen LogP contribution in [0.4, 0.5) is 0 Å². The lowest BCUT2D eigenvalue weighted by Gasteiger charge is -2.30. The number of hydrazine groups is 1. The Kier molecular flexibility index (Phi) is 3.11. The fourth-order valence-electron chi connectivity index (χ4n) is 2.71. The average Bonchev–Trinajstić information content (AvgIpc) is 2.69. The average molecular weight is 233 g/mol. The molecule has 0 spiro atoms. The Morgan fingerprint density at radius 2 is 1.88 bits per heavy atom. The van der Waals surface area contributed by atoms with Gasteiger partial charge in [-0.1, -0.05) is 24.3 Å². The third kappa shape index (κ3) is 2.21. The van der Waals surface area contributed by atoms with Gasteiger partial charge in [0.2, 0.25) is 0 Å². The summed E-state index contributed by atoms with van der Waals surface area (Å²) in [7, 11) is 0. The molecule has 1 aromatic carbocycles. The van der Waals surface area contributed by atoms with Gasteiger partial charge in [-0.2, -0.15) is 0 Å². The van der Waals surface area contributed by atoms with Crippen LogP contribution in [0, 0.1) is 0 Å². The van der Waals surface area contributed by atoms with Crippen molar-refractivity contribution >= 4 is 0 Å². The summed E-state index contributed by atoms with van der Waals surface area (Å²) in [5.41, 5.74) is 12.4. The van der Waals surface area contributed by atoms with Crippen molar-refractivity contribution < 1.29 is 4.74 Å². The highest BCUT2D eigenvalue weighted by Gasteiger charge is 2.29. The van der Waals surface area contributed by atoms with Gasteiger partial charge in [-0.25, -0.2) is 10.4 Å². The molecular formula is C13H19N3O. The number of nitrogens with zero attached hydrogens (tertiary/aromatic N) is 1. The largest absolute Gasteiger partial charge is 0.379 e. The van der Waals surface area contributed by atoms with E-state index in [1.165, 1.54) is 11.1 Å². The number of hydrogen-bond donors (Lipinski definition) is 2. The molecule has 0 saturated carbocycles. The lowest BCUT2D eigenvalue weighted by Crippen LogP contribution is -2.46. The van der Waals surface area contributed by atoms with Crippen LogP contribution in [-0.2, 0) is 4.74 Å². The lowest BCUT2D eigenvalue weighted by atomic mass is 10.1. The first-order valence-electron chi connectivity index (χ1n) is 6.28. The van der Waals surface area contributed by atoms with Gasteiger partial charge in [0.15, 0.2) is 0 Å². The predicted molar refractivity (Wildman–Crippen MR) is 66.3 cm³/mol. The standard InChI is InChI=1S/C13H19N3O/c14-12-9-13(11-4-2-1-3-10(11)12)15-16-5-7-17-8-6-16/h1-4,12-13,15H,5-9,14H2. The van der Waals surface area contributed by atoms with Gasteiger partial charge in [0, 0.05) is 25.2 Å². The van der Waals surface area contributed by atoms with Gasteiger partial charge in [-0.05, 0) is 17.5 Å². The second-order valence-electron chi connectivity index (χ2n) is 4.75. The number of hydrogen-bond acceptors (Lipinski definition) is 4. The van der Waals surface area contributed by atoms with Crippen LogP contribution >= 0.6 is 0 Å². The molecule has 4 heteroatoms. The number of nitrogens with two attached hydrogens (primary N) is 1. The molecule has 3 rings (SSSR count). The summed E-state index contributed by atoms with van der Waals surface area (Å²) in [6, 6.07) is 9.01. The third-order valence-electron chi connectivity index (χ3n) is 3.61. The van der Waals surface area contributed by atoms with E-state index in [0.29, 0.717) is 6.04 Å². The van der Waals surface area contributed by atoms with Crippen LogP contribution in [0.5, 0.6) is 0 Å². The zero-order valence-corrected chi connectivity index (χ0v) is 9.93. The number of benzene rings is 1. The van der Waals surface area contributed by atoms with E-state index in [0.717, 1.165) is 32.7 Å². The number of fused-ring (bicyclic) bond motifs is 1. The maximum absolute atomic E-state index is 6.16. The van der Waals surface area contributed by atoms with E-state index in [1.807, 2.05) is 0 Å². The minimum atomic E-state index is 0.171. The summed E-state index contributed by atoms with van der Waals surface area (Å²) in [5.74, 6) is 0. The highest BCUT2D eigenvalue weighted by atomic mass is 16.5. The molecule has 2 atom stereocenters. The summed E-state index contributed by atoms with van der Waals surface area (Å²) < 4.78 is 5.35.